The average Bonchev–Trinajstić information content (AvgIpc) is 2.72. The first-order valence-electron chi connectivity index (χ1n) is 5.98. The van der Waals surface area contributed by atoms with E-state index in [-0.39, 0.29) is 11.8 Å². The van der Waals surface area contributed by atoms with Crippen LogP contribution in [0.3, 0.4) is 0 Å². The van der Waals surface area contributed by atoms with Crippen molar-refractivity contribution in [3.8, 4) is 0 Å². The Morgan fingerprint density at radius 3 is 2.89 bits per heavy atom. The molecule has 1 aromatic carbocycles. The Kier molecular flexibility index (Phi) is 4.01. The Morgan fingerprint density at radius 2 is 2.22 bits per heavy atom. The summed E-state index contributed by atoms with van der Waals surface area (Å²) in [6.07, 6.45) is 0.575. The van der Waals surface area contributed by atoms with Crippen LogP contribution in [-0.2, 0) is 9.59 Å². The number of benzene rings is 1. The highest BCUT2D eigenvalue weighted by Crippen LogP contribution is 2.31. The molecule has 1 fully saturated rings. The monoisotopic (exact) mass is 310 g/mol. The van der Waals surface area contributed by atoms with Crippen LogP contribution in [0.2, 0.25) is 0 Å². The lowest BCUT2D eigenvalue weighted by Gasteiger charge is -2.18. The molecule has 1 aliphatic rings. The average molecular weight is 311 g/mol. The van der Waals surface area contributed by atoms with E-state index in [0.29, 0.717) is 19.5 Å². The maximum Gasteiger partial charge on any atom is 0.239 e. The van der Waals surface area contributed by atoms with Crippen LogP contribution in [0.4, 0.5) is 5.69 Å². The number of carbonyl (C=O) groups is 2. The van der Waals surface area contributed by atoms with E-state index in [0.717, 1.165) is 10.2 Å². The largest absolute Gasteiger partial charge is 0.356 e. The van der Waals surface area contributed by atoms with Gasteiger partial charge in [0.2, 0.25) is 11.8 Å². The van der Waals surface area contributed by atoms with Gasteiger partial charge in [-0.25, -0.2) is 0 Å². The standard InChI is InChI=1S/C13H15BrN2O2/c1-2-15-12(17)9-7-8-16(13(9)18)11-6-4-3-5-10(11)14/h3-6,9H,2,7-8H2,1H3,(H,15,17). The molecule has 1 saturated heterocycles. The van der Waals surface area contributed by atoms with Gasteiger partial charge in [-0.1, -0.05) is 12.1 Å². The van der Waals surface area contributed by atoms with Crippen LogP contribution in [-0.4, -0.2) is 24.9 Å². The summed E-state index contributed by atoms with van der Waals surface area (Å²) in [5.41, 5.74) is 0.828. The summed E-state index contributed by atoms with van der Waals surface area (Å²) in [5.74, 6) is -0.832. The van der Waals surface area contributed by atoms with Crippen LogP contribution >= 0.6 is 15.9 Å². The summed E-state index contributed by atoms with van der Waals surface area (Å²) in [4.78, 5) is 25.6. The van der Waals surface area contributed by atoms with Crippen molar-refractivity contribution in [3.63, 3.8) is 0 Å². The second kappa shape index (κ2) is 5.52. The topological polar surface area (TPSA) is 49.4 Å². The van der Waals surface area contributed by atoms with Crippen molar-refractivity contribution >= 4 is 33.4 Å². The van der Waals surface area contributed by atoms with E-state index in [4.69, 9.17) is 0 Å². The minimum atomic E-state index is -0.544. The molecule has 18 heavy (non-hydrogen) atoms. The molecule has 1 aliphatic heterocycles. The van der Waals surface area contributed by atoms with Crippen LogP contribution < -0.4 is 10.2 Å². The van der Waals surface area contributed by atoms with Crippen molar-refractivity contribution in [1.82, 2.24) is 5.32 Å². The second-order valence-electron chi connectivity index (χ2n) is 4.18. The number of nitrogens with zero attached hydrogens (tertiary/aromatic N) is 1. The van der Waals surface area contributed by atoms with E-state index >= 15 is 0 Å². The van der Waals surface area contributed by atoms with Crippen molar-refractivity contribution in [3.05, 3.63) is 28.7 Å². The lowest BCUT2D eigenvalue weighted by Crippen LogP contribution is -2.36. The van der Waals surface area contributed by atoms with Crippen LogP contribution in [0.1, 0.15) is 13.3 Å². The zero-order valence-corrected chi connectivity index (χ0v) is 11.7. The van der Waals surface area contributed by atoms with Crippen molar-refractivity contribution in [2.45, 2.75) is 13.3 Å². The molecular formula is C13H15BrN2O2. The fourth-order valence-electron chi connectivity index (χ4n) is 2.13. The summed E-state index contributed by atoms with van der Waals surface area (Å²) >= 11 is 3.43. The summed E-state index contributed by atoms with van der Waals surface area (Å²) in [7, 11) is 0. The molecule has 1 aromatic rings. The molecule has 1 heterocycles. The Bertz CT molecular complexity index is 476. The van der Waals surface area contributed by atoms with E-state index < -0.39 is 5.92 Å². The quantitative estimate of drug-likeness (QED) is 0.867. The number of rotatable bonds is 3. The molecule has 0 aliphatic carbocycles. The maximum absolute atomic E-state index is 12.2. The molecule has 2 amide bonds. The molecule has 0 bridgehead atoms. The molecule has 1 atom stereocenters. The van der Waals surface area contributed by atoms with Gasteiger partial charge in [-0.15, -0.1) is 0 Å². The van der Waals surface area contributed by atoms with Crippen LogP contribution in [0.15, 0.2) is 28.7 Å². The zero-order valence-electron chi connectivity index (χ0n) is 10.1. The first-order chi connectivity index (χ1) is 8.65. The molecule has 0 aromatic heterocycles. The number of amides is 2. The molecule has 2 rings (SSSR count). The van der Waals surface area contributed by atoms with E-state index in [9.17, 15) is 9.59 Å². The van der Waals surface area contributed by atoms with Gasteiger partial charge in [0.1, 0.15) is 5.92 Å². The van der Waals surface area contributed by atoms with Crippen molar-refractivity contribution in [2.75, 3.05) is 18.0 Å². The Labute approximate surface area is 114 Å². The SMILES string of the molecule is CCNC(=O)C1CCN(c2ccccc2Br)C1=O. The Morgan fingerprint density at radius 1 is 1.50 bits per heavy atom. The molecule has 1 N–H and O–H groups in total. The molecule has 5 heteroatoms. The van der Waals surface area contributed by atoms with Crippen molar-refractivity contribution in [1.29, 1.82) is 0 Å². The smallest absolute Gasteiger partial charge is 0.239 e. The van der Waals surface area contributed by atoms with Gasteiger partial charge in [0, 0.05) is 17.6 Å². The third-order valence-electron chi connectivity index (χ3n) is 3.02. The lowest BCUT2D eigenvalue weighted by molar-refractivity contribution is -0.132. The first-order valence-corrected chi connectivity index (χ1v) is 6.78. The minimum Gasteiger partial charge on any atom is -0.356 e. The van der Waals surface area contributed by atoms with Gasteiger partial charge in [-0.2, -0.15) is 0 Å². The third kappa shape index (κ3) is 2.41. The Balaban J connectivity index is 2.17. The normalized spacial score (nSPS) is 19.1. The van der Waals surface area contributed by atoms with Gasteiger partial charge in [0.05, 0.1) is 5.69 Å². The van der Waals surface area contributed by atoms with Gasteiger partial charge in [0.25, 0.3) is 0 Å². The number of hydrogen-bond donors (Lipinski definition) is 1. The van der Waals surface area contributed by atoms with Crippen molar-refractivity contribution < 1.29 is 9.59 Å². The molecule has 4 nitrogen and oxygen atoms in total. The Hall–Kier alpha value is -1.36. The predicted octanol–water partition coefficient (Wildman–Crippen LogP) is 1.94. The zero-order chi connectivity index (χ0) is 13.1. The highest BCUT2D eigenvalue weighted by atomic mass is 79.9. The number of halogens is 1. The number of nitrogens with one attached hydrogen (secondary N) is 1. The van der Waals surface area contributed by atoms with Gasteiger partial charge in [0.15, 0.2) is 0 Å². The summed E-state index contributed by atoms with van der Waals surface area (Å²) in [5, 5.41) is 2.71. The van der Waals surface area contributed by atoms with Crippen LogP contribution in [0.25, 0.3) is 0 Å². The molecule has 0 saturated carbocycles. The summed E-state index contributed by atoms with van der Waals surface area (Å²) in [6, 6.07) is 7.55. The number of para-hydroxylation sites is 1. The number of carbonyl (C=O) groups excluding carboxylic acids is 2. The minimum absolute atomic E-state index is 0.118. The van der Waals surface area contributed by atoms with Gasteiger partial charge < -0.3 is 10.2 Å². The molecule has 1 unspecified atom stereocenters. The summed E-state index contributed by atoms with van der Waals surface area (Å²) in [6.45, 7) is 2.99. The van der Waals surface area contributed by atoms with E-state index in [1.54, 1.807) is 4.90 Å². The number of hydrogen-bond acceptors (Lipinski definition) is 2. The fraction of sp³-hybridized carbons (Fsp3) is 0.385. The number of anilines is 1. The third-order valence-corrected chi connectivity index (χ3v) is 3.69. The van der Waals surface area contributed by atoms with E-state index in [1.807, 2.05) is 31.2 Å². The van der Waals surface area contributed by atoms with E-state index in [1.165, 1.54) is 0 Å². The second-order valence-corrected chi connectivity index (χ2v) is 5.03. The maximum atomic E-state index is 12.2. The molecular weight excluding hydrogens is 296 g/mol. The van der Waals surface area contributed by atoms with Crippen LogP contribution in [0.5, 0.6) is 0 Å². The van der Waals surface area contributed by atoms with Crippen LogP contribution in [0, 0.1) is 5.92 Å². The predicted molar refractivity (Wildman–Crippen MR) is 73.3 cm³/mol. The van der Waals surface area contributed by atoms with Gasteiger partial charge in [-0.05, 0) is 41.4 Å². The molecule has 96 valence electrons. The summed E-state index contributed by atoms with van der Waals surface area (Å²) < 4.78 is 0.870. The van der Waals surface area contributed by atoms with Gasteiger partial charge >= 0.3 is 0 Å². The molecule has 0 radical (unpaired) electrons. The van der Waals surface area contributed by atoms with E-state index in [2.05, 4.69) is 21.2 Å². The molecule has 0 spiro atoms. The van der Waals surface area contributed by atoms with Crippen molar-refractivity contribution in [2.24, 2.45) is 5.92 Å². The first kappa shape index (κ1) is 13.1. The fourth-order valence-corrected chi connectivity index (χ4v) is 2.63. The highest BCUT2D eigenvalue weighted by molar-refractivity contribution is 9.10. The van der Waals surface area contributed by atoms with Gasteiger partial charge in [-0.3, -0.25) is 9.59 Å². The lowest BCUT2D eigenvalue weighted by atomic mass is 10.1. The highest BCUT2D eigenvalue weighted by Gasteiger charge is 2.37.